The Hall–Kier alpha value is -1.40. The topological polar surface area (TPSA) is 44.6 Å². The number of nitrogens with zero attached hydrogens (tertiary/aromatic N) is 5. The van der Waals surface area contributed by atoms with Crippen molar-refractivity contribution in [2.75, 3.05) is 46.3 Å². The van der Waals surface area contributed by atoms with Crippen molar-refractivity contribution in [3.05, 3.63) is 18.0 Å². The second-order valence-electron chi connectivity index (χ2n) is 7.49. The Balaban J connectivity index is 1.41. The van der Waals surface area contributed by atoms with Crippen LogP contribution < -0.4 is 0 Å². The Labute approximate surface area is 145 Å². The van der Waals surface area contributed by atoms with Gasteiger partial charge in [0.2, 0.25) is 5.91 Å². The van der Waals surface area contributed by atoms with Gasteiger partial charge in [-0.15, -0.1) is 0 Å². The number of piperazine rings is 1. The van der Waals surface area contributed by atoms with Crippen LogP contribution in [-0.4, -0.2) is 76.7 Å². The second kappa shape index (κ2) is 8.12. The van der Waals surface area contributed by atoms with Crippen LogP contribution in [0.2, 0.25) is 0 Å². The lowest BCUT2D eigenvalue weighted by atomic mass is 9.93. The lowest BCUT2D eigenvalue weighted by molar-refractivity contribution is -0.133. The van der Waals surface area contributed by atoms with Gasteiger partial charge in [-0.3, -0.25) is 14.4 Å². The molecule has 0 aliphatic carbocycles. The summed E-state index contributed by atoms with van der Waals surface area (Å²) in [5.74, 6) is 1.01. The third-order valence-corrected chi connectivity index (χ3v) is 5.39. The van der Waals surface area contributed by atoms with E-state index in [1.807, 2.05) is 17.9 Å². The molecule has 1 amide bonds. The molecule has 3 rings (SSSR count). The molecule has 1 aromatic heterocycles. The first-order chi connectivity index (χ1) is 11.6. The molecule has 2 aliphatic heterocycles. The highest BCUT2D eigenvalue weighted by molar-refractivity contribution is 5.76. The van der Waals surface area contributed by atoms with Gasteiger partial charge in [0, 0.05) is 64.5 Å². The maximum absolute atomic E-state index is 12.4. The zero-order valence-electron chi connectivity index (χ0n) is 15.2. The molecule has 0 N–H and O–H groups in total. The van der Waals surface area contributed by atoms with Crippen molar-refractivity contribution in [1.29, 1.82) is 0 Å². The highest BCUT2D eigenvalue weighted by Gasteiger charge is 2.23. The van der Waals surface area contributed by atoms with Crippen LogP contribution in [0.5, 0.6) is 0 Å². The van der Waals surface area contributed by atoms with Crippen molar-refractivity contribution in [2.45, 2.75) is 32.2 Å². The number of carbonyl (C=O) groups is 1. The minimum atomic E-state index is 0.354. The fourth-order valence-corrected chi connectivity index (χ4v) is 3.88. The number of amides is 1. The number of carbonyl (C=O) groups excluding carboxylic acids is 1. The van der Waals surface area contributed by atoms with E-state index in [0.29, 0.717) is 11.8 Å². The molecule has 24 heavy (non-hydrogen) atoms. The lowest BCUT2D eigenvalue weighted by Gasteiger charge is -2.34. The van der Waals surface area contributed by atoms with Gasteiger partial charge in [0.25, 0.3) is 0 Å². The summed E-state index contributed by atoms with van der Waals surface area (Å²) in [5, 5.41) is 4.25. The van der Waals surface area contributed by atoms with E-state index in [1.54, 1.807) is 0 Å². The van der Waals surface area contributed by atoms with Crippen LogP contribution in [0.25, 0.3) is 0 Å². The Morgan fingerprint density at radius 1 is 1.21 bits per heavy atom. The van der Waals surface area contributed by atoms with Gasteiger partial charge in [0.1, 0.15) is 0 Å². The van der Waals surface area contributed by atoms with Crippen LogP contribution in [0.3, 0.4) is 0 Å². The summed E-state index contributed by atoms with van der Waals surface area (Å²) in [6.07, 6.45) is 8.32. The molecule has 2 aliphatic rings. The number of aryl methyl sites for hydroxylation is 1. The van der Waals surface area contributed by atoms with Gasteiger partial charge in [-0.25, -0.2) is 0 Å². The maximum atomic E-state index is 12.4. The lowest BCUT2D eigenvalue weighted by Crippen LogP contribution is -2.47. The zero-order chi connectivity index (χ0) is 16.9. The smallest absolute Gasteiger partial charge is 0.222 e. The maximum Gasteiger partial charge on any atom is 0.222 e. The third-order valence-electron chi connectivity index (χ3n) is 5.39. The second-order valence-corrected chi connectivity index (χ2v) is 7.49. The van der Waals surface area contributed by atoms with E-state index < -0.39 is 0 Å². The summed E-state index contributed by atoms with van der Waals surface area (Å²) in [7, 11) is 4.09. The minimum absolute atomic E-state index is 0.354. The summed E-state index contributed by atoms with van der Waals surface area (Å²) < 4.78 is 1.87. The molecule has 134 valence electrons. The van der Waals surface area contributed by atoms with Crippen molar-refractivity contribution >= 4 is 5.91 Å². The molecule has 0 spiro atoms. The molecular weight excluding hydrogens is 302 g/mol. The molecule has 3 heterocycles. The van der Waals surface area contributed by atoms with E-state index in [1.165, 1.54) is 18.4 Å². The van der Waals surface area contributed by atoms with Crippen LogP contribution in [0, 0.1) is 5.92 Å². The average Bonchev–Trinajstić information content (AvgIpc) is 2.98. The number of likely N-dealkylation sites (N-methyl/N-ethyl adjacent to an activating group) is 1. The first-order valence-corrected chi connectivity index (χ1v) is 9.26. The molecular formula is C18H31N5O. The van der Waals surface area contributed by atoms with Crippen molar-refractivity contribution in [3.63, 3.8) is 0 Å². The molecule has 1 aromatic rings. The van der Waals surface area contributed by atoms with E-state index in [2.05, 4.69) is 33.0 Å². The molecule has 2 saturated heterocycles. The highest BCUT2D eigenvalue weighted by atomic mass is 16.2. The van der Waals surface area contributed by atoms with Gasteiger partial charge in [0.15, 0.2) is 0 Å². The molecule has 0 radical (unpaired) electrons. The van der Waals surface area contributed by atoms with E-state index in [0.717, 1.165) is 58.7 Å². The molecule has 2 fully saturated rings. The van der Waals surface area contributed by atoms with Crippen molar-refractivity contribution in [3.8, 4) is 0 Å². The number of hydrogen-bond acceptors (Lipinski definition) is 4. The van der Waals surface area contributed by atoms with Gasteiger partial charge in [0.05, 0.1) is 6.20 Å². The van der Waals surface area contributed by atoms with Crippen molar-refractivity contribution in [1.82, 2.24) is 24.5 Å². The van der Waals surface area contributed by atoms with Crippen LogP contribution in [0.4, 0.5) is 0 Å². The van der Waals surface area contributed by atoms with Crippen LogP contribution in [0.1, 0.15) is 31.2 Å². The van der Waals surface area contributed by atoms with Gasteiger partial charge in [-0.2, -0.15) is 5.10 Å². The van der Waals surface area contributed by atoms with Crippen molar-refractivity contribution in [2.24, 2.45) is 13.0 Å². The average molecular weight is 333 g/mol. The number of piperidine rings is 1. The summed E-state index contributed by atoms with van der Waals surface area (Å²) >= 11 is 0. The molecule has 1 unspecified atom stereocenters. The molecule has 6 heteroatoms. The van der Waals surface area contributed by atoms with E-state index in [9.17, 15) is 4.79 Å². The largest absolute Gasteiger partial charge is 0.340 e. The summed E-state index contributed by atoms with van der Waals surface area (Å²) in [4.78, 5) is 19.3. The fraction of sp³-hybridized carbons (Fsp3) is 0.778. The van der Waals surface area contributed by atoms with Gasteiger partial charge in [-0.1, -0.05) is 0 Å². The fourth-order valence-electron chi connectivity index (χ4n) is 3.88. The van der Waals surface area contributed by atoms with Crippen LogP contribution >= 0.6 is 0 Å². The third kappa shape index (κ3) is 4.80. The summed E-state index contributed by atoms with van der Waals surface area (Å²) in [6, 6.07) is 0. The predicted molar refractivity (Wildman–Crippen MR) is 94.5 cm³/mol. The van der Waals surface area contributed by atoms with Gasteiger partial charge < -0.3 is 9.80 Å². The highest BCUT2D eigenvalue weighted by Crippen LogP contribution is 2.23. The van der Waals surface area contributed by atoms with Crippen LogP contribution in [0.15, 0.2) is 12.4 Å². The Morgan fingerprint density at radius 3 is 2.71 bits per heavy atom. The van der Waals surface area contributed by atoms with E-state index >= 15 is 0 Å². The normalized spacial score (nSPS) is 23.6. The Morgan fingerprint density at radius 2 is 2.00 bits per heavy atom. The Kier molecular flexibility index (Phi) is 5.89. The number of hydrogen-bond donors (Lipinski definition) is 0. The quantitative estimate of drug-likeness (QED) is 0.812. The molecule has 6 nitrogen and oxygen atoms in total. The van der Waals surface area contributed by atoms with Crippen LogP contribution in [-0.2, 0) is 18.4 Å². The number of rotatable bonds is 5. The number of likely N-dealkylation sites (tertiary alicyclic amines) is 1. The summed E-state index contributed by atoms with van der Waals surface area (Å²) in [6.45, 7) is 7.07. The van der Waals surface area contributed by atoms with E-state index in [4.69, 9.17) is 0 Å². The molecule has 0 bridgehead atoms. The molecule has 0 saturated carbocycles. The van der Waals surface area contributed by atoms with Crippen molar-refractivity contribution < 1.29 is 4.79 Å². The first kappa shape index (κ1) is 17.4. The Bertz CT molecular complexity index is 535. The first-order valence-electron chi connectivity index (χ1n) is 9.26. The molecule has 1 atom stereocenters. The standard InChI is InChI=1S/C18H31N5O/c1-20-8-10-23(11-9-20)18(24)6-5-16-4-3-7-22(14-16)15-17-12-19-21(2)13-17/h12-13,16H,3-11,14-15H2,1-2H3. The number of aromatic nitrogens is 2. The molecule has 0 aromatic carbocycles. The zero-order valence-corrected chi connectivity index (χ0v) is 15.2. The minimum Gasteiger partial charge on any atom is -0.340 e. The monoisotopic (exact) mass is 333 g/mol. The van der Waals surface area contributed by atoms with E-state index in [-0.39, 0.29) is 0 Å². The summed E-state index contributed by atoms with van der Waals surface area (Å²) in [5.41, 5.74) is 1.28. The van der Waals surface area contributed by atoms with Gasteiger partial charge >= 0.3 is 0 Å². The van der Waals surface area contributed by atoms with Gasteiger partial charge in [-0.05, 0) is 38.8 Å². The SMILES string of the molecule is CN1CCN(C(=O)CCC2CCCN(Cc3cnn(C)c3)C2)CC1. The predicted octanol–water partition coefficient (Wildman–Crippen LogP) is 1.19.